The van der Waals surface area contributed by atoms with E-state index in [0.29, 0.717) is 34.8 Å². The third-order valence-corrected chi connectivity index (χ3v) is 17.7. The Morgan fingerprint density at radius 3 is 1.35 bits per heavy atom. The van der Waals surface area contributed by atoms with Crippen LogP contribution in [0.3, 0.4) is 0 Å². The number of nitrogens with zero attached hydrogens (tertiary/aromatic N) is 6. The molecule has 8 atom stereocenters. The minimum absolute atomic E-state index is 0.187. The highest BCUT2D eigenvalue weighted by atomic mass is 35.5. The molecule has 6 fully saturated rings. The van der Waals surface area contributed by atoms with Crippen LogP contribution in [-0.2, 0) is 31.2 Å². The molecule has 5 unspecified atom stereocenters. The van der Waals surface area contributed by atoms with Gasteiger partial charge in [-0.05, 0) is 98.6 Å². The molecular weight excluding hydrogens is 878 g/mol. The number of nitrogens with one attached hydrogen (secondary N) is 2. The second kappa shape index (κ2) is 18.1. The molecule has 0 bridgehead atoms. The van der Waals surface area contributed by atoms with Crippen LogP contribution in [0.25, 0.3) is 0 Å². The Hall–Kier alpha value is -3.54. The Labute approximate surface area is 372 Å². The minimum atomic E-state index is -3.93. The number of likely N-dealkylation sites (tertiary alicyclic amines) is 2. The average molecular weight is 930 g/mol. The summed E-state index contributed by atoms with van der Waals surface area (Å²) in [5.74, 6) is 1.05. The molecule has 4 aliphatic carbocycles. The number of rotatable bonds is 12. The molecule has 332 valence electrons. The molecule has 0 radical (unpaired) electrons. The predicted octanol–water partition coefficient (Wildman–Crippen LogP) is 7.84. The zero-order valence-corrected chi connectivity index (χ0v) is 37.5. The van der Waals surface area contributed by atoms with Crippen molar-refractivity contribution in [1.29, 1.82) is 0 Å². The van der Waals surface area contributed by atoms with E-state index < -0.39 is 52.6 Å². The van der Waals surface area contributed by atoms with Gasteiger partial charge in [-0.15, -0.1) is 0 Å². The summed E-state index contributed by atoms with van der Waals surface area (Å²) in [6.07, 6.45) is 17.1. The van der Waals surface area contributed by atoms with Gasteiger partial charge in [0.05, 0.1) is 44.3 Å². The van der Waals surface area contributed by atoms with Crippen molar-refractivity contribution in [2.45, 2.75) is 110 Å². The number of hydrogen-bond donors (Lipinski definition) is 2. The maximum atomic E-state index is 14.9. The molecule has 4 saturated carbocycles. The van der Waals surface area contributed by atoms with Gasteiger partial charge in [-0.1, -0.05) is 48.9 Å². The van der Waals surface area contributed by atoms with Crippen molar-refractivity contribution < 1.29 is 25.6 Å². The topological polar surface area (TPSA) is 150 Å². The molecule has 4 heterocycles. The van der Waals surface area contributed by atoms with Crippen LogP contribution < -0.4 is 10.6 Å². The van der Waals surface area contributed by atoms with E-state index in [1.165, 1.54) is 87.1 Å². The van der Waals surface area contributed by atoms with E-state index in [9.17, 15) is 25.6 Å². The molecule has 2 N–H and O–H groups in total. The van der Waals surface area contributed by atoms with Gasteiger partial charge in [-0.3, -0.25) is 9.80 Å². The Balaban J connectivity index is 0.000000158. The van der Waals surface area contributed by atoms with Gasteiger partial charge in [0, 0.05) is 62.7 Å². The maximum Gasteiger partial charge on any atom is 0.187 e. The van der Waals surface area contributed by atoms with Crippen LogP contribution in [0.1, 0.15) is 75.6 Å². The zero-order valence-electron chi connectivity index (χ0n) is 34.4. The quantitative estimate of drug-likeness (QED) is 0.143. The lowest BCUT2D eigenvalue weighted by Gasteiger charge is -2.39. The smallest absolute Gasteiger partial charge is 0.187 e. The van der Waals surface area contributed by atoms with Crippen LogP contribution in [0.4, 0.5) is 20.2 Å². The van der Waals surface area contributed by atoms with Crippen molar-refractivity contribution in [1.82, 2.24) is 29.7 Å². The lowest BCUT2D eigenvalue weighted by molar-refractivity contribution is 0.161. The fourth-order valence-corrected chi connectivity index (χ4v) is 13.7. The number of aromatic nitrogens is 4. The molecule has 2 aromatic carbocycles. The van der Waals surface area contributed by atoms with Gasteiger partial charge >= 0.3 is 0 Å². The molecule has 4 aromatic rings. The highest BCUT2D eigenvalue weighted by Crippen LogP contribution is 2.48. The van der Waals surface area contributed by atoms with E-state index in [0.717, 1.165) is 88.4 Å². The van der Waals surface area contributed by atoms with Crippen LogP contribution in [0.5, 0.6) is 0 Å². The number of anilines is 2. The monoisotopic (exact) mass is 928 g/mol. The first-order valence-corrected chi connectivity index (χ1v) is 25.8. The van der Waals surface area contributed by atoms with Crippen LogP contribution in [0.2, 0.25) is 10.0 Å². The number of piperidine rings is 2. The number of halogens is 4. The summed E-state index contributed by atoms with van der Waals surface area (Å²) < 4.78 is 80.8. The van der Waals surface area contributed by atoms with E-state index in [4.69, 9.17) is 23.2 Å². The average Bonchev–Trinajstić information content (AvgIpc) is 4.09. The van der Waals surface area contributed by atoms with Crippen molar-refractivity contribution in [2.75, 3.05) is 36.8 Å². The lowest BCUT2D eigenvalue weighted by atomic mass is 9.89. The molecule has 10 rings (SSSR count). The number of benzene rings is 2. The summed E-state index contributed by atoms with van der Waals surface area (Å²) >= 11 is 12.9. The number of fused-ring (bicyclic) bond motifs is 2. The number of sulfone groups is 2. The van der Waals surface area contributed by atoms with Crippen LogP contribution in [-0.4, -0.2) is 96.9 Å². The first kappa shape index (κ1) is 43.7. The van der Waals surface area contributed by atoms with E-state index in [2.05, 4.69) is 40.4 Å². The van der Waals surface area contributed by atoms with E-state index in [1.54, 1.807) is 0 Å². The molecule has 0 spiro atoms. The van der Waals surface area contributed by atoms with Gasteiger partial charge in [-0.2, -0.15) is 0 Å². The largest absolute Gasteiger partial charge is 0.379 e. The predicted molar refractivity (Wildman–Crippen MR) is 234 cm³/mol. The molecule has 0 amide bonds. The highest BCUT2D eigenvalue weighted by Gasteiger charge is 2.49. The Morgan fingerprint density at radius 1 is 0.597 bits per heavy atom. The summed E-state index contributed by atoms with van der Waals surface area (Å²) in [5, 5.41) is 7.33. The number of hydrogen-bond acceptors (Lipinski definition) is 12. The molecule has 2 aromatic heterocycles. The Morgan fingerprint density at radius 2 is 0.984 bits per heavy atom. The molecule has 2 saturated heterocycles. The third-order valence-electron chi connectivity index (χ3n) is 13.8. The summed E-state index contributed by atoms with van der Waals surface area (Å²) in [7, 11) is -7.85. The van der Waals surface area contributed by atoms with Gasteiger partial charge in [-0.25, -0.2) is 45.6 Å². The van der Waals surface area contributed by atoms with Crippen molar-refractivity contribution in [2.24, 2.45) is 23.7 Å². The third kappa shape index (κ3) is 9.90. The van der Waals surface area contributed by atoms with E-state index in [1.807, 2.05) is 0 Å². The van der Waals surface area contributed by atoms with Gasteiger partial charge in [0.1, 0.15) is 34.1 Å². The van der Waals surface area contributed by atoms with Crippen LogP contribution >= 0.6 is 23.2 Å². The van der Waals surface area contributed by atoms with Crippen molar-refractivity contribution in [3.63, 3.8) is 0 Å². The summed E-state index contributed by atoms with van der Waals surface area (Å²) in [6.45, 7) is 4.65. The summed E-state index contributed by atoms with van der Waals surface area (Å²) in [4.78, 5) is 19.8. The van der Waals surface area contributed by atoms with Crippen molar-refractivity contribution in [3.05, 3.63) is 94.5 Å². The zero-order chi connectivity index (χ0) is 43.2. The van der Waals surface area contributed by atoms with E-state index in [-0.39, 0.29) is 22.1 Å². The standard InChI is InChI=1S/2C22H26ClFN4O2S/c2*23-17-8-22(31(29,30)12-16-5-6-25-13-26-16)18(24)9-20(17)27-19-3-1-2-4-21(19)28-10-14-7-15(14)11-28/h2*5-6,8-9,13-15,19,21,27H,1-4,7,10-12H2/t14?,15?,19?,21-;14?,15?,19-,21-/m01/s1. The highest BCUT2D eigenvalue weighted by molar-refractivity contribution is 7.91. The normalized spacial score (nSPS) is 28.3. The Kier molecular flexibility index (Phi) is 12.8. The molecule has 2 aliphatic heterocycles. The second-order valence-electron chi connectivity index (χ2n) is 18.1. The van der Waals surface area contributed by atoms with Crippen LogP contribution in [0.15, 0.2) is 71.2 Å². The fraction of sp³-hybridized carbons (Fsp3) is 0.545. The van der Waals surface area contributed by atoms with Gasteiger partial charge < -0.3 is 10.6 Å². The summed E-state index contributed by atoms with van der Waals surface area (Å²) in [5.41, 5.74) is 1.53. The maximum absolute atomic E-state index is 14.9. The van der Waals surface area contributed by atoms with Gasteiger partial charge in [0.15, 0.2) is 19.7 Å². The first-order chi connectivity index (χ1) is 29.8. The van der Waals surface area contributed by atoms with Crippen molar-refractivity contribution >= 4 is 54.3 Å². The Bertz CT molecular complexity index is 2290. The minimum Gasteiger partial charge on any atom is -0.379 e. The second-order valence-corrected chi connectivity index (χ2v) is 22.8. The summed E-state index contributed by atoms with van der Waals surface area (Å²) in [6, 6.07) is 9.10. The van der Waals surface area contributed by atoms with Gasteiger partial charge in [0.2, 0.25) is 0 Å². The van der Waals surface area contributed by atoms with Gasteiger partial charge in [0.25, 0.3) is 0 Å². The van der Waals surface area contributed by atoms with Crippen LogP contribution in [0, 0.1) is 35.3 Å². The molecule has 62 heavy (non-hydrogen) atoms. The molecule has 6 aliphatic rings. The first-order valence-electron chi connectivity index (χ1n) is 21.8. The lowest BCUT2D eigenvalue weighted by Crippen LogP contribution is -2.48. The van der Waals surface area contributed by atoms with E-state index >= 15 is 0 Å². The van der Waals surface area contributed by atoms with Crippen molar-refractivity contribution in [3.8, 4) is 0 Å². The molecule has 12 nitrogen and oxygen atoms in total. The molecule has 18 heteroatoms. The SMILES string of the molecule is O=S(=O)(Cc1ccncn1)c1cc(Cl)c(NC2CCCC[C@@H]2N2CC3CC3C2)cc1F.O=S(=O)(Cc1ccncn1)c1cc(Cl)c(N[C@@H]2CCCC[C@H]2N2CC3CC3C2)cc1F. The molecular formula is C44H52Cl2F2N8O4S2. The fourth-order valence-electron chi connectivity index (χ4n) is 10.4.